The fourth-order valence-corrected chi connectivity index (χ4v) is 12.3. The van der Waals surface area contributed by atoms with Crippen molar-refractivity contribution in [3.63, 3.8) is 0 Å². The molecule has 0 unspecified atom stereocenters. The summed E-state index contributed by atoms with van der Waals surface area (Å²) in [6, 6.07) is 52.4. The van der Waals surface area contributed by atoms with Gasteiger partial charge in [0, 0.05) is 60.4 Å². The van der Waals surface area contributed by atoms with E-state index in [-0.39, 0.29) is 63.5 Å². The van der Waals surface area contributed by atoms with Gasteiger partial charge < -0.3 is 14.7 Å². The van der Waals surface area contributed by atoms with Gasteiger partial charge >= 0.3 is 0 Å². The monoisotopic (exact) mass is 1000 g/mol. The molecule has 5 heteroatoms. The van der Waals surface area contributed by atoms with Crippen LogP contribution in [0, 0.1) is 0 Å². The Labute approximate surface area is 460 Å². The zero-order valence-corrected chi connectivity index (χ0v) is 47.5. The zero-order chi connectivity index (χ0) is 57.5. The highest BCUT2D eigenvalue weighted by Crippen LogP contribution is 2.51. The summed E-state index contributed by atoms with van der Waals surface area (Å²) < 4.78 is 48.1. The highest BCUT2D eigenvalue weighted by atomic mass is 32.1. The largest absolute Gasteiger partial charge is 0.311 e. The SMILES string of the molecule is [2H]c1c([2H])c([2H])c(-c2cc3c4c(c2)N(c2ccc(C(C)(C)C)cc2)c2c(sc5ccc(C(C)(C)C)cc25)B4c2ccc(N(c4ccc(C(C)(C)C)cc4)c4ccc(C(C)(C)C)cc4)cc2N3c2ccc(C(C)(C)C)cc2)c([2H])c1[2H]. The first-order valence-electron chi connectivity index (χ1n) is 29.2. The number of nitrogens with zero attached hydrogens (tertiary/aromatic N) is 3. The predicted octanol–water partition coefficient (Wildman–Crippen LogP) is 18.6. The van der Waals surface area contributed by atoms with Crippen molar-refractivity contribution in [3.8, 4) is 11.1 Å². The van der Waals surface area contributed by atoms with Gasteiger partial charge in [-0.2, -0.15) is 0 Å². The van der Waals surface area contributed by atoms with Crippen LogP contribution in [0.5, 0.6) is 0 Å². The van der Waals surface area contributed by atoms with Crippen molar-refractivity contribution in [1.29, 1.82) is 0 Å². The van der Waals surface area contributed by atoms with Crippen LogP contribution >= 0.6 is 11.3 Å². The van der Waals surface area contributed by atoms with Crippen molar-refractivity contribution < 1.29 is 6.85 Å². The smallest absolute Gasteiger partial charge is 0.264 e. The van der Waals surface area contributed by atoms with Gasteiger partial charge in [0.1, 0.15) is 0 Å². The Bertz CT molecular complexity index is 3820. The molecule has 75 heavy (non-hydrogen) atoms. The van der Waals surface area contributed by atoms with Crippen LogP contribution in [-0.2, 0) is 27.1 Å². The molecular formula is C70H74BN3S. The van der Waals surface area contributed by atoms with Crippen LogP contribution in [0.2, 0.25) is 0 Å². The molecule has 9 aromatic rings. The Morgan fingerprint density at radius 2 is 0.840 bits per heavy atom. The second-order valence-corrected chi connectivity index (χ2v) is 27.2. The van der Waals surface area contributed by atoms with E-state index in [2.05, 4.69) is 264 Å². The molecule has 0 radical (unpaired) electrons. The van der Waals surface area contributed by atoms with Gasteiger partial charge in [0.15, 0.2) is 0 Å². The van der Waals surface area contributed by atoms with Crippen LogP contribution in [0.15, 0.2) is 176 Å². The lowest BCUT2D eigenvalue weighted by Crippen LogP contribution is -2.60. The molecule has 378 valence electrons. The molecule has 0 spiro atoms. The summed E-state index contributed by atoms with van der Waals surface area (Å²) in [7, 11) is 0. The quantitative estimate of drug-likeness (QED) is 0.154. The van der Waals surface area contributed by atoms with Gasteiger partial charge in [-0.05, 0) is 162 Å². The molecule has 2 aliphatic rings. The van der Waals surface area contributed by atoms with E-state index in [4.69, 9.17) is 4.11 Å². The first-order chi connectivity index (χ1) is 37.4. The first-order valence-corrected chi connectivity index (χ1v) is 27.5. The third-order valence-electron chi connectivity index (χ3n) is 15.5. The average Bonchev–Trinajstić information content (AvgIpc) is 3.70. The lowest BCUT2D eigenvalue weighted by Gasteiger charge is -2.44. The molecule has 3 nitrogen and oxygen atoms in total. The van der Waals surface area contributed by atoms with Crippen molar-refractivity contribution in [2.45, 2.75) is 131 Å². The summed E-state index contributed by atoms with van der Waals surface area (Å²) >= 11 is 1.85. The number of hydrogen-bond acceptors (Lipinski definition) is 4. The highest BCUT2D eigenvalue weighted by Gasteiger charge is 2.46. The molecule has 0 saturated heterocycles. The van der Waals surface area contributed by atoms with E-state index in [1.54, 1.807) is 0 Å². The molecule has 0 N–H and O–H groups in total. The molecule has 0 aliphatic carbocycles. The lowest BCUT2D eigenvalue weighted by molar-refractivity contribution is 0.590. The molecule has 0 bridgehead atoms. The summed E-state index contributed by atoms with van der Waals surface area (Å²) in [4.78, 5) is 7.15. The minimum atomic E-state index is -0.416. The highest BCUT2D eigenvalue weighted by molar-refractivity contribution is 7.33. The summed E-state index contributed by atoms with van der Waals surface area (Å²) in [6.07, 6.45) is 0. The van der Waals surface area contributed by atoms with Crippen molar-refractivity contribution in [3.05, 3.63) is 204 Å². The molecule has 0 fully saturated rings. The molecule has 0 atom stereocenters. The van der Waals surface area contributed by atoms with Gasteiger partial charge in [-0.15, -0.1) is 11.3 Å². The van der Waals surface area contributed by atoms with E-state index in [0.29, 0.717) is 5.56 Å². The maximum absolute atomic E-state index is 9.52. The fourth-order valence-electron chi connectivity index (χ4n) is 11.0. The maximum atomic E-state index is 9.52. The number of anilines is 9. The summed E-state index contributed by atoms with van der Waals surface area (Å²) in [6.45, 7) is 33.5. The van der Waals surface area contributed by atoms with E-state index in [1.807, 2.05) is 11.3 Å². The fraction of sp³-hybridized carbons (Fsp3) is 0.286. The lowest BCUT2D eigenvalue weighted by atomic mass is 9.36. The number of benzene rings is 8. The minimum Gasteiger partial charge on any atom is -0.311 e. The Kier molecular flexibility index (Phi) is 10.6. The standard InChI is InChI=1S/C70H74BN3S/c1-66(2,3)47-21-30-52(31-22-47)72(53-32-23-48(24-33-53)67(4,5)6)56-38-39-58-59(44-56)73(54-34-25-49(26-35-54)68(7,8)9)60-41-46(45-19-17-16-18-20-45)42-61-63(60)71(58)65-64(57-43-51(70(13,14)15)29-40-62(57)75-65)74(61)55-36-27-50(28-37-55)69(10,11)12/h16-44H,1-15H3/i16D,17D,18D,19D,20D. The normalized spacial score (nSPS) is 14.7. The van der Waals surface area contributed by atoms with Gasteiger partial charge in [0.05, 0.1) is 12.5 Å². The van der Waals surface area contributed by atoms with E-state index < -0.39 is 6.04 Å². The van der Waals surface area contributed by atoms with Gasteiger partial charge in [0.2, 0.25) is 0 Å². The Morgan fingerprint density at radius 1 is 0.413 bits per heavy atom. The third-order valence-corrected chi connectivity index (χ3v) is 16.8. The summed E-state index contributed by atoms with van der Waals surface area (Å²) in [5.74, 6) is 0. The Morgan fingerprint density at radius 3 is 1.32 bits per heavy atom. The zero-order valence-electron chi connectivity index (χ0n) is 51.7. The average molecular weight is 1010 g/mol. The summed E-state index contributed by atoms with van der Waals surface area (Å²) in [5.41, 5.74) is 17.6. The molecule has 11 rings (SSSR count). The Balaban J connectivity index is 1.27. The van der Waals surface area contributed by atoms with Crippen molar-refractivity contribution in [2.75, 3.05) is 14.7 Å². The predicted molar refractivity (Wildman–Crippen MR) is 329 cm³/mol. The molecule has 0 amide bonds. The van der Waals surface area contributed by atoms with E-state index in [9.17, 15) is 2.74 Å². The van der Waals surface area contributed by atoms with Crippen LogP contribution in [0.1, 0.15) is 139 Å². The molecule has 1 aromatic heterocycles. The minimum absolute atomic E-state index is 0.0297. The van der Waals surface area contributed by atoms with Crippen molar-refractivity contribution in [2.24, 2.45) is 0 Å². The maximum Gasteiger partial charge on any atom is 0.264 e. The molecular weight excluding hydrogens is 926 g/mol. The van der Waals surface area contributed by atoms with Crippen LogP contribution in [0.25, 0.3) is 21.2 Å². The number of thiophene rings is 1. The first kappa shape index (κ1) is 44.5. The van der Waals surface area contributed by atoms with Gasteiger partial charge in [-0.3, -0.25) is 0 Å². The van der Waals surface area contributed by atoms with Crippen LogP contribution < -0.4 is 30.4 Å². The van der Waals surface area contributed by atoms with E-state index in [0.717, 1.165) is 67.5 Å². The molecule has 3 heterocycles. The number of rotatable bonds is 6. The summed E-state index contributed by atoms with van der Waals surface area (Å²) in [5, 5.41) is 1.15. The van der Waals surface area contributed by atoms with Crippen molar-refractivity contribution in [1.82, 2.24) is 0 Å². The van der Waals surface area contributed by atoms with Crippen molar-refractivity contribution >= 4 is 95.0 Å². The molecule has 2 aliphatic heterocycles. The molecule has 8 aromatic carbocycles. The second kappa shape index (κ2) is 17.9. The second-order valence-electron chi connectivity index (χ2n) is 26.1. The van der Waals surface area contributed by atoms with Crippen LogP contribution in [-0.4, -0.2) is 6.71 Å². The topological polar surface area (TPSA) is 9.72 Å². The number of hydrogen-bond donors (Lipinski definition) is 0. The van der Waals surface area contributed by atoms with Crippen LogP contribution in [0.4, 0.5) is 51.2 Å². The van der Waals surface area contributed by atoms with E-state index >= 15 is 0 Å². The van der Waals surface area contributed by atoms with E-state index in [1.165, 1.54) is 37.3 Å². The van der Waals surface area contributed by atoms with Gasteiger partial charge in [-0.1, -0.05) is 195 Å². The molecule has 0 saturated carbocycles. The van der Waals surface area contributed by atoms with Crippen LogP contribution in [0.3, 0.4) is 0 Å². The Hall–Kier alpha value is -6.82. The third kappa shape index (κ3) is 9.09. The number of fused-ring (bicyclic) bond motifs is 6. The van der Waals surface area contributed by atoms with Gasteiger partial charge in [0.25, 0.3) is 6.71 Å². The van der Waals surface area contributed by atoms with Gasteiger partial charge in [-0.25, -0.2) is 0 Å².